The molecule has 9 heteroatoms. The molecular formula is C20H17ClFN5O2. The van der Waals surface area contributed by atoms with Gasteiger partial charge in [-0.05, 0) is 42.8 Å². The van der Waals surface area contributed by atoms with E-state index in [2.05, 4.69) is 15.5 Å². The molecular weight excluding hydrogens is 397 g/mol. The first-order valence-electron chi connectivity index (χ1n) is 8.84. The number of carbonyl (C=O) groups excluding carboxylic acids is 1. The van der Waals surface area contributed by atoms with E-state index >= 15 is 0 Å². The van der Waals surface area contributed by atoms with Gasteiger partial charge in [0.1, 0.15) is 11.6 Å². The third-order valence-corrected chi connectivity index (χ3v) is 4.67. The fourth-order valence-electron chi connectivity index (χ4n) is 2.86. The number of rotatable bonds is 6. The SMILES string of the molecule is Cc1cc(NC(=O)c2ccc(Cn3cccn3)o2)nn1Cc1ccc(F)cc1Cl. The minimum atomic E-state index is -0.402. The Labute approximate surface area is 170 Å². The summed E-state index contributed by atoms with van der Waals surface area (Å²) in [6, 6.07) is 11.1. The fourth-order valence-corrected chi connectivity index (χ4v) is 3.09. The second kappa shape index (κ2) is 7.92. The van der Waals surface area contributed by atoms with Crippen LogP contribution >= 0.6 is 11.6 Å². The molecule has 148 valence electrons. The van der Waals surface area contributed by atoms with E-state index in [0.29, 0.717) is 29.7 Å². The van der Waals surface area contributed by atoms with Gasteiger partial charge in [-0.2, -0.15) is 10.2 Å². The number of amides is 1. The molecule has 0 saturated heterocycles. The van der Waals surface area contributed by atoms with E-state index in [0.717, 1.165) is 11.3 Å². The highest BCUT2D eigenvalue weighted by Gasteiger charge is 2.15. The van der Waals surface area contributed by atoms with E-state index in [9.17, 15) is 9.18 Å². The van der Waals surface area contributed by atoms with Crippen molar-refractivity contribution in [3.8, 4) is 0 Å². The molecule has 7 nitrogen and oxygen atoms in total. The second-order valence-electron chi connectivity index (χ2n) is 6.49. The van der Waals surface area contributed by atoms with Crippen LogP contribution in [0.4, 0.5) is 10.2 Å². The zero-order valence-electron chi connectivity index (χ0n) is 15.5. The van der Waals surface area contributed by atoms with E-state index in [1.165, 1.54) is 12.1 Å². The van der Waals surface area contributed by atoms with Gasteiger partial charge in [0.25, 0.3) is 5.91 Å². The maximum absolute atomic E-state index is 13.2. The summed E-state index contributed by atoms with van der Waals surface area (Å²) in [5.41, 5.74) is 1.55. The lowest BCUT2D eigenvalue weighted by Gasteiger charge is -2.06. The molecule has 3 aromatic heterocycles. The fraction of sp³-hybridized carbons (Fsp3) is 0.150. The van der Waals surface area contributed by atoms with Gasteiger partial charge in [0.05, 0.1) is 13.1 Å². The quantitative estimate of drug-likeness (QED) is 0.515. The van der Waals surface area contributed by atoms with Crippen LogP contribution in [0.1, 0.15) is 27.6 Å². The normalized spacial score (nSPS) is 11.0. The molecule has 0 aliphatic heterocycles. The first-order valence-corrected chi connectivity index (χ1v) is 9.21. The van der Waals surface area contributed by atoms with Crippen LogP contribution in [-0.2, 0) is 13.1 Å². The van der Waals surface area contributed by atoms with Crippen molar-refractivity contribution in [1.29, 1.82) is 0 Å². The number of benzene rings is 1. The zero-order chi connectivity index (χ0) is 20.4. The van der Waals surface area contributed by atoms with E-state index in [1.54, 1.807) is 39.8 Å². The van der Waals surface area contributed by atoms with Gasteiger partial charge < -0.3 is 9.73 Å². The monoisotopic (exact) mass is 413 g/mol. The van der Waals surface area contributed by atoms with Crippen molar-refractivity contribution in [2.24, 2.45) is 0 Å². The Bertz CT molecular complexity index is 1150. The standard InChI is InChI=1S/C20H17ClFN5O2/c1-13-9-19(25-27(13)11-14-3-4-15(22)10-17(14)21)24-20(28)18-6-5-16(29-18)12-26-8-2-7-23-26/h2-10H,11-12H2,1H3,(H,24,25,28). The van der Waals surface area contributed by atoms with Gasteiger partial charge >= 0.3 is 0 Å². The number of nitrogens with one attached hydrogen (secondary N) is 1. The molecule has 0 fully saturated rings. The molecule has 0 atom stereocenters. The topological polar surface area (TPSA) is 77.9 Å². The first kappa shape index (κ1) is 18.9. The number of furan rings is 1. The van der Waals surface area contributed by atoms with Crippen LogP contribution in [0.15, 0.2) is 59.3 Å². The average Bonchev–Trinajstić information content (AvgIpc) is 3.41. The van der Waals surface area contributed by atoms with Gasteiger partial charge in [-0.3, -0.25) is 14.2 Å². The lowest BCUT2D eigenvalue weighted by Crippen LogP contribution is -2.12. The average molecular weight is 414 g/mol. The molecule has 4 aromatic rings. The molecule has 0 spiro atoms. The Morgan fingerprint density at radius 3 is 2.86 bits per heavy atom. The number of hydrogen-bond acceptors (Lipinski definition) is 4. The van der Waals surface area contributed by atoms with Gasteiger partial charge in [0.15, 0.2) is 11.6 Å². The molecule has 3 heterocycles. The smallest absolute Gasteiger partial charge is 0.292 e. The summed E-state index contributed by atoms with van der Waals surface area (Å²) >= 11 is 6.09. The minimum absolute atomic E-state index is 0.181. The third kappa shape index (κ3) is 4.38. The van der Waals surface area contributed by atoms with Gasteiger partial charge in [-0.1, -0.05) is 17.7 Å². The van der Waals surface area contributed by atoms with Crippen molar-refractivity contribution in [3.05, 3.63) is 88.5 Å². The number of aryl methyl sites for hydroxylation is 1. The summed E-state index contributed by atoms with van der Waals surface area (Å²) in [5, 5.41) is 11.5. The summed E-state index contributed by atoms with van der Waals surface area (Å²) in [6.07, 6.45) is 3.49. The van der Waals surface area contributed by atoms with Crippen LogP contribution in [0.2, 0.25) is 5.02 Å². The van der Waals surface area contributed by atoms with Crippen molar-refractivity contribution in [2.45, 2.75) is 20.0 Å². The van der Waals surface area contributed by atoms with Gasteiger partial charge in [0, 0.05) is 29.2 Å². The number of carbonyl (C=O) groups is 1. The molecule has 1 N–H and O–H groups in total. The summed E-state index contributed by atoms with van der Waals surface area (Å²) < 4.78 is 22.2. The highest BCUT2D eigenvalue weighted by Crippen LogP contribution is 2.20. The Balaban J connectivity index is 1.44. The predicted octanol–water partition coefficient (Wildman–Crippen LogP) is 4.12. The maximum atomic E-state index is 13.2. The second-order valence-corrected chi connectivity index (χ2v) is 6.90. The largest absolute Gasteiger partial charge is 0.454 e. The number of halogens is 2. The molecule has 0 aliphatic carbocycles. The number of nitrogens with zero attached hydrogens (tertiary/aromatic N) is 4. The van der Waals surface area contributed by atoms with Crippen LogP contribution in [-0.4, -0.2) is 25.5 Å². The molecule has 4 rings (SSSR count). The lowest BCUT2D eigenvalue weighted by atomic mass is 10.2. The van der Waals surface area contributed by atoms with Crippen LogP contribution < -0.4 is 5.32 Å². The lowest BCUT2D eigenvalue weighted by molar-refractivity contribution is 0.0994. The van der Waals surface area contributed by atoms with Crippen LogP contribution in [0, 0.1) is 12.7 Å². The van der Waals surface area contributed by atoms with E-state index < -0.39 is 11.7 Å². The van der Waals surface area contributed by atoms with Crippen molar-refractivity contribution >= 4 is 23.3 Å². The molecule has 29 heavy (non-hydrogen) atoms. The minimum Gasteiger partial charge on any atom is -0.454 e. The van der Waals surface area contributed by atoms with Gasteiger partial charge in [-0.25, -0.2) is 4.39 Å². The van der Waals surface area contributed by atoms with E-state index in [4.69, 9.17) is 16.0 Å². The van der Waals surface area contributed by atoms with Crippen LogP contribution in [0.5, 0.6) is 0 Å². The Morgan fingerprint density at radius 2 is 2.10 bits per heavy atom. The zero-order valence-corrected chi connectivity index (χ0v) is 16.2. The summed E-state index contributed by atoms with van der Waals surface area (Å²) in [5.74, 6) is 0.388. The van der Waals surface area contributed by atoms with Crippen molar-refractivity contribution in [3.63, 3.8) is 0 Å². The Hall–Kier alpha value is -3.39. The van der Waals surface area contributed by atoms with Crippen LogP contribution in [0.25, 0.3) is 0 Å². The van der Waals surface area contributed by atoms with E-state index in [1.807, 2.05) is 19.2 Å². The van der Waals surface area contributed by atoms with Crippen molar-refractivity contribution in [1.82, 2.24) is 19.6 Å². The molecule has 0 aliphatic rings. The van der Waals surface area contributed by atoms with Gasteiger partial charge in [0.2, 0.25) is 0 Å². The Kier molecular flexibility index (Phi) is 5.18. The number of aromatic nitrogens is 4. The molecule has 1 amide bonds. The maximum Gasteiger partial charge on any atom is 0.292 e. The summed E-state index contributed by atoms with van der Waals surface area (Å²) in [6.45, 7) is 2.65. The molecule has 0 radical (unpaired) electrons. The van der Waals surface area contributed by atoms with E-state index in [-0.39, 0.29) is 5.76 Å². The van der Waals surface area contributed by atoms with Gasteiger partial charge in [-0.15, -0.1) is 0 Å². The predicted molar refractivity (Wildman–Crippen MR) is 105 cm³/mol. The molecule has 1 aromatic carbocycles. The summed E-state index contributed by atoms with van der Waals surface area (Å²) in [4.78, 5) is 12.5. The molecule has 0 saturated carbocycles. The molecule has 0 bridgehead atoms. The van der Waals surface area contributed by atoms with Crippen molar-refractivity contribution < 1.29 is 13.6 Å². The first-order chi connectivity index (χ1) is 14.0. The number of anilines is 1. The summed E-state index contributed by atoms with van der Waals surface area (Å²) in [7, 11) is 0. The van der Waals surface area contributed by atoms with Crippen LogP contribution in [0.3, 0.4) is 0 Å². The molecule has 0 unspecified atom stereocenters. The highest BCUT2D eigenvalue weighted by molar-refractivity contribution is 6.31. The highest BCUT2D eigenvalue weighted by atomic mass is 35.5. The number of hydrogen-bond donors (Lipinski definition) is 1. The van der Waals surface area contributed by atoms with Crippen molar-refractivity contribution in [2.75, 3.05) is 5.32 Å². The Morgan fingerprint density at radius 1 is 1.24 bits per heavy atom. The third-order valence-electron chi connectivity index (χ3n) is 4.32.